The van der Waals surface area contributed by atoms with Gasteiger partial charge in [-0.15, -0.1) is 0 Å². The van der Waals surface area contributed by atoms with Crippen molar-refractivity contribution in [1.29, 1.82) is 0 Å². The summed E-state index contributed by atoms with van der Waals surface area (Å²) in [5, 5.41) is 3.58. The SMILES string of the molecule is CCS(=O)(=O)c1cc2c(C(=O)NC3(c4ccccc4)CC3)c(CN3CCC(N4CCCC4)CC3)c(-c3cccc(C(F)(F)F)c3)nc2cc1OC. The van der Waals surface area contributed by atoms with E-state index < -0.39 is 33.0 Å². The first-order valence-corrected chi connectivity index (χ1v) is 19.4. The predicted molar refractivity (Wildman–Crippen MR) is 190 cm³/mol. The Morgan fingerprint density at radius 2 is 1.69 bits per heavy atom. The third kappa shape index (κ3) is 7.10. The van der Waals surface area contributed by atoms with E-state index in [1.807, 2.05) is 30.3 Å². The topological polar surface area (TPSA) is 91.8 Å². The van der Waals surface area contributed by atoms with Gasteiger partial charge in [0.25, 0.3) is 5.91 Å². The number of sulfone groups is 1. The summed E-state index contributed by atoms with van der Waals surface area (Å²) >= 11 is 0. The molecule has 2 saturated heterocycles. The normalized spacial score (nSPS) is 18.6. The summed E-state index contributed by atoms with van der Waals surface area (Å²) in [7, 11) is -2.45. The second-order valence-corrected chi connectivity index (χ2v) is 16.2. The van der Waals surface area contributed by atoms with Gasteiger partial charge in [0.1, 0.15) is 10.6 Å². The summed E-state index contributed by atoms with van der Waals surface area (Å²) in [5.74, 6) is -0.566. The first-order valence-electron chi connectivity index (χ1n) is 17.7. The van der Waals surface area contributed by atoms with Gasteiger partial charge in [-0.05, 0) is 88.5 Å². The van der Waals surface area contributed by atoms with Crippen molar-refractivity contribution in [3.05, 3.63) is 89.0 Å². The predicted octanol–water partition coefficient (Wildman–Crippen LogP) is 7.20. The molecule has 1 saturated carbocycles. The fourth-order valence-corrected chi connectivity index (χ4v) is 8.84. The van der Waals surface area contributed by atoms with Gasteiger partial charge in [-0.2, -0.15) is 13.2 Å². The molecule has 8 nitrogen and oxygen atoms in total. The Labute approximate surface area is 296 Å². The molecule has 0 bridgehead atoms. The molecule has 270 valence electrons. The highest BCUT2D eigenvalue weighted by molar-refractivity contribution is 7.91. The molecule has 0 atom stereocenters. The number of nitrogens with zero attached hydrogens (tertiary/aromatic N) is 3. The highest BCUT2D eigenvalue weighted by Crippen LogP contribution is 2.46. The van der Waals surface area contributed by atoms with Gasteiger partial charge in [0.05, 0.1) is 40.7 Å². The van der Waals surface area contributed by atoms with E-state index in [4.69, 9.17) is 9.72 Å². The molecular weight excluding hydrogens is 678 g/mol. The molecule has 0 radical (unpaired) electrons. The van der Waals surface area contributed by atoms with Crippen LogP contribution in [0.1, 0.15) is 72.5 Å². The number of fused-ring (bicyclic) bond motifs is 1. The Bertz CT molecular complexity index is 2040. The van der Waals surface area contributed by atoms with Gasteiger partial charge >= 0.3 is 6.18 Å². The number of methoxy groups -OCH3 is 1. The highest BCUT2D eigenvalue weighted by Gasteiger charge is 2.46. The molecule has 3 aromatic carbocycles. The quantitative estimate of drug-likeness (QED) is 0.185. The van der Waals surface area contributed by atoms with Crippen LogP contribution in [0.25, 0.3) is 22.2 Å². The van der Waals surface area contributed by atoms with Gasteiger partial charge in [0, 0.05) is 35.2 Å². The lowest BCUT2D eigenvalue weighted by molar-refractivity contribution is -0.137. The zero-order valence-electron chi connectivity index (χ0n) is 28.9. The fraction of sp³-hybridized carbons (Fsp3) is 0.436. The molecule has 2 aliphatic heterocycles. The van der Waals surface area contributed by atoms with Crippen molar-refractivity contribution in [3.8, 4) is 17.0 Å². The Hall–Kier alpha value is -4.00. The van der Waals surface area contributed by atoms with Crippen LogP contribution in [0.3, 0.4) is 0 Å². The van der Waals surface area contributed by atoms with E-state index >= 15 is 0 Å². The van der Waals surface area contributed by atoms with Gasteiger partial charge in [-0.1, -0.05) is 49.4 Å². The smallest absolute Gasteiger partial charge is 0.416 e. The van der Waals surface area contributed by atoms with Crippen LogP contribution in [0, 0.1) is 0 Å². The molecule has 1 aromatic heterocycles. The highest BCUT2D eigenvalue weighted by atomic mass is 32.2. The van der Waals surface area contributed by atoms with E-state index in [2.05, 4.69) is 15.1 Å². The van der Waals surface area contributed by atoms with Crippen molar-refractivity contribution in [2.24, 2.45) is 0 Å². The van der Waals surface area contributed by atoms with Gasteiger partial charge in [0.15, 0.2) is 9.84 Å². The molecule has 51 heavy (non-hydrogen) atoms. The van der Waals surface area contributed by atoms with E-state index in [-0.39, 0.29) is 45.3 Å². The molecular formula is C39H43F3N4O4S. The van der Waals surface area contributed by atoms with Gasteiger partial charge in [-0.3, -0.25) is 9.69 Å². The van der Waals surface area contributed by atoms with Gasteiger partial charge in [-0.25, -0.2) is 13.4 Å². The molecule has 1 amide bonds. The molecule has 3 heterocycles. The minimum Gasteiger partial charge on any atom is -0.495 e. The maximum atomic E-state index is 14.8. The van der Waals surface area contributed by atoms with Crippen molar-refractivity contribution in [2.45, 2.75) is 74.6 Å². The number of hydrogen-bond acceptors (Lipinski definition) is 7. The first-order chi connectivity index (χ1) is 24.4. The van der Waals surface area contributed by atoms with E-state index in [1.54, 1.807) is 6.07 Å². The number of aromatic nitrogens is 1. The number of piperidine rings is 1. The Balaban J connectivity index is 1.42. The lowest BCUT2D eigenvalue weighted by atomic mass is 9.93. The summed E-state index contributed by atoms with van der Waals surface area (Å²) in [6.07, 6.45) is 1.12. The third-order valence-corrected chi connectivity index (χ3v) is 12.6. The first kappa shape index (κ1) is 35.4. The van der Waals surface area contributed by atoms with Crippen molar-refractivity contribution < 1.29 is 31.1 Å². The van der Waals surface area contributed by atoms with Crippen LogP contribution in [0.4, 0.5) is 13.2 Å². The number of rotatable bonds is 10. The van der Waals surface area contributed by atoms with Gasteiger partial charge < -0.3 is 15.0 Å². The van der Waals surface area contributed by atoms with Crippen LogP contribution < -0.4 is 10.1 Å². The second kappa shape index (κ2) is 13.9. The summed E-state index contributed by atoms with van der Waals surface area (Å²) in [4.78, 5) is 24.5. The fourth-order valence-electron chi connectivity index (χ4n) is 7.78. The number of alkyl halides is 3. The number of carbonyl (C=O) groups excluding carboxylic acids is 1. The summed E-state index contributed by atoms with van der Waals surface area (Å²) in [5.41, 5.74) is 0.916. The lowest BCUT2D eigenvalue weighted by Gasteiger charge is -2.37. The van der Waals surface area contributed by atoms with E-state index in [0.29, 0.717) is 17.0 Å². The zero-order valence-corrected chi connectivity index (χ0v) is 29.7. The van der Waals surface area contributed by atoms with E-state index in [1.165, 1.54) is 45.1 Å². The summed E-state index contributed by atoms with van der Waals surface area (Å²) in [6.45, 7) is 5.47. The molecule has 0 spiro atoms. The molecule has 12 heteroatoms. The molecule has 0 unspecified atom stereocenters. The minimum absolute atomic E-state index is 0.0536. The minimum atomic E-state index is -4.59. The monoisotopic (exact) mass is 720 g/mol. The molecule has 1 aliphatic carbocycles. The van der Waals surface area contributed by atoms with Crippen LogP contribution >= 0.6 is 0 Å². The Morgan fingerprint density at radius 3 is 2.31 bits per heavy atom. The van der Waals surface area contributed by atoms with E-state index in [0.717, 1.165) is 69.6 Å². The number of benzene rings is 3. The average Bonchev–Trinajstić information content (AvgIpc) is 3.70. The van der Waals surface area contributed by atoms with Crippen LogP contribution in [0.5, 0.6) is 5.75 Å². The second-order valence-electron chi connectivity index (χ2n) is 14.0. The van der Waals surface area contributed by atoms with Crippen LogP contribution in [-0.2, 0) is 28.1 Å². The number of amides is 1. The Morgan fingerprint density at radius 1 is 0.980 bits per heavy atom. The third-order valence-electron chi connectivity index (χ3n) is 10.8. The number of ether oxygens (including phenoxy) is 1. The summed E-state index contributed by atoms with van der Waals surface area (Å²) < 4.78 is 74.4. The lowest BCUT2D eigenvalue weighted by Crippen LogP contribution is -2.43. The van der Waals surface area contributed by atoms with Gasteiger partial charge in [0.2, 0.25) is 0 Å². The number of nitrogens with one attached hydrogen (secondary N) is 1. The van der Waals surface area contributed by atoms with Crippen molar-refractivity contribution in [2.75, 3.05) is 39.0 Å². The molecule has 3 aliphatic rings. The molecule has 4 aromatic rings. The molecule has 7 rings (SSSR count). The number of likely N-dealkylation sites (tertiary alicyclic amines) is 2. The standard InChI is InChI=1S/C39H43F3N4O4S/c1-3-51(48,49)34-23-30-32(24-33(34)50-2)43-36(26-10-9-13-28(22-26)39(40,41)42)31(25-45-20-14-29(15-21-45)46-18-7-8-19-46)35(30)37(47)44-38(16-17-38)27-11-5-4-6-12-27/h4-6,9-13,22-24,29H,3,7-8,14-21,25H2,1-2H3,(H,44,47). The van der Waals surface area contributed by atoms with Crippen molar-refractivity contribution in [3.63, 3.8) is 0 Å². The number of carbonyl (C=O) groups is 1. The average molecular weight is 721 g/mol. The van der Waals surface area contributed by atoms with Crippen LogP contribution in [0.15, 0.2) is 71.6 Å². The van der Waals surface area contributed by atoms with E-state index in [9.17, 15) is 26.4 Å². The number of pyridine rings is 1. The van der Waals surface area contributed by atoms with Crippen molar-refractivity contribution >= 4 is 26.6 Å². The van der Waals surface area contributed by atoms with Crippen LogP contribution in [0.2, 0.25) is 0 Å². The van der Waals surface area contributed by atoms with Crippen molar-refractivity contribution in [1.82, 2.24) is 20.1 Å². The maximum absolute atomic E-state index is 14.8. The number of halogens is 3. The maximum Gasteiger partial charge on any atom is 0.416 e. The van der Waals surface area contributed by atoms with Crippen LogP contribution in [-0.4, -0.2) is 74.2 Å². The molecule has 1 N–H and O–H groups in total. The molecule has 3 fully saturated rings. The summed E-state index contributed by atoms with van der Waals surface area (Å²) in [6, 6.07) is 18.1. The number of hydrogen-bond donors (Lipinski definition) is 1. The largest absolute Gasteiger partial charge is 0.495 e. The Kier molecular flexibility index (Phi) is 9.62. The zero-order chi connectivity index (χ0) is 36.0.